The van der Waals surface area contributed by atoms with Crippen LogP contribution in [0.1, 0.15) is 6.42 Å². The molecule has 2 aromatic rings. The summed E-state index contributed by atoms with van der Waals surface area (Å²) >= 11 is 0. The summed E-state index contributed by atoms with van der Waals surface area (Å²) < 4.78 is 10.7. The van der Waals surface area contributed by atoms with E-state index in [9.17, 15) is 4.79 Å². The largest absolute Gasteiger partial charge is 0.484 e. The van der Waals surface area contributed by atoms with Crippen LogP contribution in [0.4, 0.5) is 17.3 Å². The molecule has 0 bridgehead atoms. The molecule has 0 spiro atoms. The normalized spacial score (nSPS) is 14.2. The number of hydrazine groups is 1. The summed E-state index contributed by atoms with van der Waals surface area (Å²) in [6.45, 7) is 5.12. The van der Waals surface area contributed by atoms with Crippen LogP contribution >= 0.6 is 0 Å². The Morgan fingerprint density at radius 3 is 2.72 bits per heavy atom. The van der Waals surface area contributed by atoms with E-state index in [-0.39, 0.29) is 12.5 Å². The smallest absolute Gasteiger partial charge is 0.276 e. The molecule has 1 fully saturated rings. The van der Waals surface area contributed by atoms with Gasteiger partial charge in [-0.25, -0.2) is 9.97 Å². The van der Waals surface area contributed by atoms with Crippen molar-refractivity contribution in [3.05, 3.63) is 36.7 Å². The first-order valence-corrected chi connectivity index (χ1v) is 9.59. The summed E-state index contributed by atoms with van der Waals surface area (Å²) in [5.74, 6) is 1.11. The van der Waals surface area contributed by atoms with Crippen LogP contribution in [0, 0.1) is 0 Å². The van der Waals surface area contributed by atoms with Crippen molar-refractivity contribution < 1.29 is 14.3 Å². The van der Waals surface area contributed by atoms with Gasteiger partial charge in [-0.3, -0.25) is 20.5 Å². The van der Waals surface area contributed by atoms with E-state index < -0.39 is 0 Å². The summed E-state index contributed by atoms with van der Waals surface area (Å²) in [5.41, 5.74) is 11.7. The maximum atomic E-state index is 11.9. The van der Waals surface area contributed by atoms with Crippen LogP contribution in [0.5, 0.6) is 5.75 Å². The van der Waals surface area contributed by atoms with Gasteiger partial charge in [0.05, 0.1) is 13.2 Å². The molecule has 10 nitrogen and oxygen atoms in total. The van der Waals surface area contributed by atoms with E-state index in [1.165, 1.54) is 6.33 Å². The molecule has 5 N–H and O–H groups in total. The van der Waals surface area contributed by atoms with Gasteiger partial charge in [0.15, 0.2) is 18.2 Å². The van der Waals surface area contributed by atoms with E-state index in [0.29, 0.717) is 23.1 Å². The second-order valence-corrected chi connectivity index (χ2v) is 6.49. The number of nitrogens with zero attached hydrogens (tertiary/aromatic N) is 3. The molecule has 10 heteroatoms. The van der Waals surface area contributed by atoms with Crippen molar-refractivity contribution in [2.24, 2.45) is 0 Å². The number of ether oxygens (including phenoxy) is 2. The fourth-order valence-electron chi connectivity index (χ4n) is 2.80. The Labute approximate surface area is 169 Å². The van der Waals surface area contributed by atoms with Crippen molar-refractivity contribution in [2.45, 2.75) is 6.42 Å². The third kappa shape index (κ3) is 6.77. The van der Waals surface area contributed by atoms with Crippen LogP contribution in [0.2, 0.25) is 0 Å². The Morgan fingerprint density at radius 2 is 1.93 bits per heavy atom. The highest BCUT2D eigenvalue weighted by Gasteiger charge is 2.11. The molecule has 1 aromatic heterocycles. The predicted molar refractivity (Wildman–Crippen MR) is 111 cm³/mol. The minimum atomic E-state index is -0.355. The summed E-state index contributed by atoms with van der Waals surface area (Å²) in [7, 11) is 0. The zero-order valence-electron chi connectivity index (χ0n) is 16.3. The lowest BCUT2D eigenvalue weighted by Gasteiger charge is -2.26. The maximum Gasteiger partial charge on any atom is 0.276 e. The maximum absolute atomic E-state index is 11.9. The lowest BCUT2D eigenvalue weighted by molar-refractivity contribution is -0.122. The second kappa shape index (κ2) is 11.0. The van der Waals surface area contributed by atoms with Crippen LogP contribution in [0.15, 0.2) is 36.7 Å². The van der Waals surface area contributed by atoms with Crippen LogP contribution in [-0.2, 0) is 9.53 Å². The molecule has 3 rings (SSSR count). The summed E-state index contributed by atoms with van der Waals surface area (Å²) in [4.78, 5) is 22.5. The molecule has 0 aliphatic carbocycles. The number of benzene rings is 1. The van der Waals surface area contributed by atoms with E-state index >= 15 is 0 Å². The van der Waals surface area contributed by atoms with E-state index in [1.54, 1.807) is 12.1 Å². The summed E-state index contributed by atoms with van der Waals surface area (Å²) in [6, 6.07) is 9.10. The second-order valence-electron chi connectivity index (χ2n) is 6.49. The standard InChI is InChI=1S/C19H27N7O3/c20-17-18(21-7-4-8-26-9-11-28-12-10-26)22-14-23-19(17)25-24-16(27)13-29-15-5-2-1-3-6-15/h1-3,5-6,14H,4,7-13,20H2,(H,24,27)(H2,21,22,23,25). The van der Waals surface area contributed by atoms with Gasteiger partial charge in [-0.05, 0) is 25.1 Å². The number of amides is 1. The lowest BCUT2D eigenvalue weighted by Crippen LogP contribution is -2.37. The van der Waals surface area contributed by atoms with Crippen molar-refractivity contribution >= 4 is 23.2 Å². The summed E-state index contributed by atoms with van der Waals surface area (Å²) in [6.07, 6.45) is 2.34. The molecule has 29 heavy (non-hydrogen) atoms. The molecule has 0 unspecified atom stereocenters. The molecule has 0 atom stereocenters. The van der Waals surface area contributed by atoms with Gasteiger partial charge in [0.25, 0.3) is 5.91 Å². The number of nitrogen functional groups attached to an aromatic ring is 1. The number of para-hydroxylation sites is 1. The van der Waals surface area contributed by atoms with E-state index in [1.807, 2.05) is 18.2 Å². The molecule has 1 amide bonds. The quantitative estimate of drug-likeness (QED) is 0.336. The van der Waals surface area contributed by atoms with Crippen molar-refractivity contribution in [1.29, 1.82) is 0 Å². The zero-order chi connectivity index (χ0) is 20.3. The van der Waals surface area contributed by atoms with Crippen LogP contribution in [-0.4, -0.2) is 66.8 Å². The highest BCUT2D eigenvalue weighted by molar-refractivity contribution is 5.81. The zero-order valence-corrected chi connectivity index (χ0v) is 16.3. The van der Waals surface area contributed by atoms with E-state index in [2.05, 4.69) is 31.0 Å². The average molecular weight is 401 g/mol. The van der Waals surface area contributed by atoms with Crippen molar-refractivity contribution in [3.63, 3.8) is 0 Å². The highest BCUT2D eigenvalue weighted by Crippen LogP contribution is 2.21. The number of nitrogens with two attached hydrogens (primary N) is 1. The molecule has 1 aromatic carbocycles. The van der Waals surface area contributed by atoms with E-state index in [4.69, 9.17) is 15.2 Å². The molecule has 1 aliphatic heterocycles. The van der Waals surface area contributed by atoms with Crippen LogP contribution in [0.3, 0.4) is 0 Å². The van der Waals surface area contributed by atoms with Crippen LogP contribution < -0.4 is 26.6 Å². The van der Waals surface area contributed by atoms with Gasteiger partial charge in [-0.15, -0.1) is 0 Å². The van der Waals surface area contributed by atoms with Gasteiger partial charge in [0, 0.05) is 19.6 Å². The first kappa shape index (κ1) is 20.6. The van der Waals surface area contributed by atoms with Gasteiger partial charge in [-0.1, -0.05) is 18.2 Å². The van der Waals surface area contributed by atoms with Crippen molar-refractivity contribution in [1.82, 2.24) is 20.3 Å². The molecule has 0 radical (unpaired) electrons. The SMILES string of the molecule is Nc1c(NCCCN2CCOCC2)ncnc1NNC(=O)COc1ccccc1. The number of nitrogens with one attached hydrogen (secondary N) is 3. The predicted octanol–water partition coefficient (Wildman–Crippen LogP) is 0.715. The minimum absolute atomic E-state index is 0.130. The molecular formula is C19H27N7O3. The molecular weight excluding hydrogens is 374 g/mol. The first-order chi connectivity index (χ1) is 14.2. The monoisotopic (exact) mass is 401 g/mol. The lowest BCUT2D eigenvalue weighted by atomic mass is 10.3. The first-order valence-electron chi connectivity index (χ1n) is 9.59. The number of carbonyl (C=O) groups is 1. The number of rotatable bonds is 10. The molecule has 2 heterocycles. The van der Waals surface area contributed by atoms with Crippen molar-refractivity contribution in [3.8, 4) is 5.75 Å². The number of aromatic nitrogens is 2. The Morgan fingerprint density at radius 1 is 1.17 bits per heavy atom. The Bertz CT molecular complexity index is 770. The fraction of sp³-hybridized carbons (Fsp3) is 0.421. The third-order valence-electron chi connectivity index (χ3n) is 4.36. The summed E-state index contributed by atoms with van der Waals surface area (Å²) in [5, 5.41) is 3.22. The van der Waals surface area contributed by atoms with Gasteiger partial charge in [0.2, 0.25) is 0 Å². The Hall–Kier alpha value is -3.11. The number of hydrogen-bond donors (Lipinski definition) is 4. The molecule has 156 valence electrons. The molecule has 1 saturated heterocycles. The molecule has 1 aliphatic rings. The Balaban J connectivity index is 1.40. The number of carbonyl (C=O) groups excluding carboxylic acids is 1. The molecule has 0 saturated carbocycles. The topological polar surface area (TPSA) is 127 Å². The number of morpholine rings is 1. The average Bonchev–Trinajstić information content (AvgIpc) is 2.77. The van der Waals surface area contributed by atoms with E-state index in [0.717, 1.165) is 45.8 Å². The van der Waals surface area contributed by atoms with Crippen molar-refractivity contribution in [2.75, 3.05) is 62.5 Å². The van der Waals surface area contributed by atoms with Crippen LogP contribution in [0.25, 0.3) is 0 Å². The third-order valence-corrected chi connectivity index (χ3v) is 4.36. The number of hydrogen-bond acceptors (Lipinski definition) is 9. The highest BCUT2D eigenvalue weighted by atomic mass is 16.5. The fourth-order valence-corrected chi connectivity index (χ4v) is 2.80. The van der Waals surface area contributed by atoms with Gasteiger partial charge in [-0.2, -0.15) is 0 Å². The Kier molecular flexibility index (Phi) is 7.84. The van der Waals surface area contributed by atoms with Gasteiger partial charge in [0.1, 0.15) is 17.8 Å². The minimum Gasteiger partial charge on any atom is -0.484 e. The van der Waals surface area contributed by atoms with Gasteiger partial charge >= 0.3 is 0 Å². The van der Waals surface area contributed by atoms with Gasteiger partial charge < -0.3 is 20.5 Å². The number of anilines is 3.